The number of hydrogen-bond donors (Lipinski definition) is 0. The molecule has 0 bridgehead atoms. The van der Waals surface area contributed by atoms with Crippen molar-refractivity contribution in [2.75, 3.05) is 27.2 Å². The van der Waals surface area contributed by atoms with Crippen LogP contribution >= 0.6 is 0 Å². The van der Waals surface area contributed by atoms with Gasteiger partial charge in [0, 0.05) is 0 Å². The predicted molar refractivity (Wildman–Crippen MR) is 47.4 cm³/mol. The van der Waals surface area contributed by atoms with Crippen LogP contribution < -0.4 is 0 Å². The summed E-state index contributed by atoms with van der Waals surface area (Å²) in [6, 6.07) is 0. The zero-order chi connectivity index (χ0) is 7.78. The molecule has 0 amide bonds. The van der Waals surface area contributed by atoms with Crippen LogP contribution in [0.2, 0.25) is 13.1 Å². The van der Waals surface area contributed by atoms with Crippen LogP contribution in [0, 0.1) is 0 Å². The summed E-state index contributed by atoms with van der Waals surface area (Å²) < 4.78 is 5.08. The molecule has 1 rings (SSSR count). The summed E-state index contributed by atoms with van der Waals surface area (Å²) in [4.78, 5) is 0. The molecule has 0 aromatic rings. The Morgan fingerprint density at radius 3 is 1.70 bits per heavy atom. The maximum absolute atomic E-state index is 2.54. The fourth-order valence-corrected chi connectivity index (χ4v) is 3.38. The van der Waals surface area contributed by atoms with Gasteiger partial charge in [-0.25, -0.2) is 0 Å². The molecule has 0 aromatic carbocycles. The summed E-state index contributed by atoms with van der Waals surface area (Å²) >= 11 is 0. The standard InChI is InChI=1S/C7H18N2Si/c1-8-6-5-7-9(2)10(8,3)4/h5-7H2,1-4H3. The van der Waals surface area contributed by atoms with Gasteiger partial charge in [0.2, 0.25) is 0 Å². The summed E-state index contributed by atoms with van der Waals surface area (Å²) in [5, 5.41) is 0. The molecule has 1 saturated heterocycles. The van der Waals surface area contributed by atoms with Crippen LogP contribution in [0.15, 0.2) is 0 Å². The number of rotatable bonds is 0. The van der Waals surface area contributed by atoms with Gasteiger partial charge >= 0.3 is 0 Å². The highest BCUT2D eigenvalue weighted by Crippen LogP contribution is 2.16. The average Bonchev–Trinajstić information content (AvgIpc) is 1.84. The van der Waals surface area contributed by atoms with Gasteiger partial charge in [0.15, 0.2) is 8.40 Å². The summed E-state index contributed by atoms with van der Waals surface area (Å²) in [7, 11) is 3.37. The summed E-state index contributed by atoms with van der Waals surface area (Å²) in [6.07, 6.45) is 1.34. The molecule has 0 aliphatic carbocycles. The van der Waals surface area contributed by atoms with Gasteiger partial charge in [-0.15, -0.1) is 0 Å². The van der Waals surface area contributed by atoms with E-state index in [1.165, 1.54) is 19.5 Å². The van der Waals surface area contributed by atoms with Crippen LogP contribution in [-0.2, 0) is 0 Å². The SMILES string of the molecule is CN1CCCN(C)[Si]1(C)C. The first-order valence-electron chi connectivity index (χ1n) is 3.97. The van der Waals surface area contributed by atoms with Gasteiger partial charge in [0.25, 0.3) is 0 Å². The molecule has 60 valence electrons. The first-order valence-corrected chi connectivity index (χ1v) is 6.87. The molecule has 0 N–H and O–H groups in total. The van der Waals surface area contributed by atoms with Gasteiger partial charge in [0.1, 0.15) is 0 Å². The third-order valence-corrected chi connectivity index (χ3v) is 7.04. The fourth-order valence-electron chi connectivity index (χ4n) is 1.38. The molecule has 0 spiro atoms. The highest BCUT2D eigenvalue weighted by molar-refractivity contribution is 6.71. The molecule has 0 aromatic heterocycles. The van der Waals surface area contributed by atoms with Crippen molar-refractivity contribution in [2.45, 2.75) is 19.5 Å². The van der Waals surface area contributed by atoms with E-state index in [-0.39, 0.29) is 0 Å². The minimum Gasteiger partial charge on any atom is -0.315 e. The van der Waals surface area contributed by atoms with E-state index in [0.717, 1.165) is 0 Å². The van der Waals surface area contributed by atoms with Crippen LogP contribution in [0.25, 0.3) is 0 Å². The third-order valence-electron chi connectivity index (χ3n) is 2.86. The maximum atomic E-state index is 2.54. The lowest BCUT2D eigenvalue weighted by molar-refractivity contribution is 0.328. The van der Waals surface area contributed by atoms with Crippen molar-refractivity contribution < 1.29 is 0 Å². The van der Waals surface area contributed by atoms with Gasteiger partial charge in [-0.3, -0.25) is 0 Å². The molecule has 3 heteroatoms. The van der Waals surface area contributed by atoms with Crippen molar-refractivity contribution in [3.8, 4) is 0 Å². The first-order chi connectivity index (χ1) is 4.55. The quantitative estimate of drug-likeness (QED) is 0.484. The van der Waals surface area contributed by atoms with Crippen molar-refractivity contribution in [1.82, 2.24) is 9.13 Å². The smallest absolute Gasteiger partial charge is 0.200 e. The Bertz CT molecular complexity index is 113. The van der Waals surface area contributed by atoms with Gasteiger partial charge in [-0.2, -0.15) is 0 Å². The summed E-state index contributed by atoms with van der Waals surface area (Å²) in [5.74, 6) is 0. The van der Waals surface area contributed by atoms with Crippen molar-refractivity contribution in [3.63, 3.8) is 0 Å². The normalized spacial score (nSPS) is 28.8. The largest absolute Gasteiger partial charge is 0.315 e. The van der Waals surface area contributed by atoms with Crippen molar-refractivity contribution in [1.29, 1.82) is 0 Å². The minimum absolute atomic E-state index is 1.13. The van der Waals surface area contributed by atoms with Crippen molar-refractivity contribution >= 4 is 8.40 Å². The number of nitrogens with zero attached hydrogens (tertiary/aromatic N) is 2. The van der Waals surface area contributed by atoms with Crippen LogP contribution in [0.5, 0.6) is 0 Å². The molecular formula is C7H18N2Si. The molecule has 0 radical (unpaired) electrons. The Kier molecular flexibility index (Phi) is 2.17. The molecule has 1 aliphatic rings. The topological polar surface area (TPSA) is 6.48 Å². The van der Waals surface area contributed by atoms with E-state index in [9.17, 15) is 0 Å². The molecule has 1 aliphatic heterocycles. The molecule has 1 heterocycles. The van der Waals surface area contributed by atoms with Crippen LogP contribution in [0.1, 0.15) is 6.42 Å². The first kappa shape index (κ1) is 8.24. The lowest BCUT2D eigenvalue weighted by Crippen LogP contribution is -2.62. The lowest BCUT2D eigenvalue weighted by atomic mass is 10.4. The monoisotopic (exact) mass is 158 g/mol. The maximum Gasteiger partial charge on any atom is 0.200 e. The van der Waals surface area contributed by atoms with E-state index in [0.29, 0.717) is 0 Å². The number of hydrogen-bond acceptors (Lipinski definition) is 2. The molecule has 2 nitrogen and oxygen atoms in total. The Labute approximate surface area is 65.0 Å². The van der Waals surface area contributed by atoms with Gasteiger partial charge in [-0.05, 0) is 46.7 Å². The van der Waals surface area contributed by atoms with E-state index >= 15 is 0 Å². The van der Waals surface area contributed by atoms with E-state index < -0.39 is 8.40 Å². The molecular weight excluding hydrogens is 140 g/mol. The van der Waals surface area contributed by atoms with Gasteiger partial charge < -0.3 is 9.13 Å². The van der Waals surface area contributed by atoms with Gasteiger partial charge in [-0.1, -0.05) is 0 Å². The van der Waals surface area contributed by atoms with E-state index in [1.807, 2.05) is 0 Å². The summed E-state index contributed by atoms with van der Waals surface area (Å²) in [6.45, 7) is 7.41. The lowest BCUT2D eigenvalue weighted by Gasteiger charge is -2.45. The summed E-state index contributed by atoms with van der Waals surface area (Å²) in [5.41, 5.74) is 0. The molecule has 0 unspecified atom stereocenters. The molecule has 1 fully saturated rings. The van der Waals surface area contributed by atoms with Gasteiger partial charge in [0.05, 0.1) is 0 Å². The highest BCUT2D eigenvalue weighted by Gasteiger charge is 2.34. The fraction of sp³-hybridized carbons (Fsp3) is 1.00. The molecule has 0 saturated carbocycles. The predicted octanol–water partition coefficient (Wildman–Crippen LogP) is 0.955. The Balaban J connectivity index is 2.63. The second-order valence-corrected chi connectivity index (χ2v) is 8.21. The molecule has 0 atom stereocenters. The minimum atomic E-state index is -1.13. The zero-order valence-electron chi connectivity index (χ0n) is 7.52. The molecule has 10 heavy (non-hydrogen) atoms. The van der Waals surface area contributed by atoms with Crippen LogP contribution in [0.4, 0.5) is 0 Å². The van der Waals surface area contributed by atoms with E-state index in [1.54, 1.807) is 0 Å². The third kappa shape index (κ3) is 1.26. The van der Waals surface area contributed by atoms with Crippen molar-refractivity contribution in [3.05, 3.63) is 0 Å². The van der Waals surface area contributed by atoms with Crippen molar-refractivity contribution in [2.24, 2.45) is 0 Å². The Morgan fingerprint density at radius 1 is 1.00 bits per heavy atom. The highest BCUT2D eigenvalue weighted by atomic mass is 28.3. The van der Waals surface area contributed by atoms with Crippen LogP contribution in [0.3, 0.4) is 0 Å². The second-order valence-electron chi connectivity index (χ2n) is 3.69. The Hall–Kier alpha value is 0.137. The Morgan fingerprint density at radius 2 is 1.40 bits per heavy atom. The second kappa shape index (κ2) is 2.64. The zero-order valence-corrected chi connectivity index (χ0v) is 8.52. The average molecular weight is 158 g/mol. The van der Waals surface area contributed by atoms with E-state index in [2.05, 4.69) is 36.3 Å². The van der Waals surface area contributed by atoms with Crippen LogP contribution in [-0.4, -0.2) is 44.7 Å². The van der Waals surface area contributed by atoms with E-state index in [4.69, 9.17) is 0 Å².